The Morgan fingerprint density at radius 2 is 1.95 bits per heavy atom. The van der Waals surface area contributed by atoms with E-state index in [0.717, 1.165) is 23.8 Å². The number of amides is 1. The molecule has 0 bridgehead atoms. The van der Waals surface area contributed by atoms with Gasteiger partial charge in [0.05, 0.1) is 13.2 Å². The van der Waals surface area contributed by atoms with Gasteiger partial charge in [0.15, 0.2) is 0 Å². The standard InChI is InChI=1S/C18H25NO3/c1-14-12-19(18(20)22-14)13-16-6-8-17(9-7-16)21-11-10-15-4-2-3-5-15/h6-9,14-15H,2-5,10-13H2,1H3. The zero-order chi connectivity index (χ0) is 15.4. The minimum absolute atomic E-state index is 0.00862. The van der Waals surface area contributed by atoms with Crippen LogP contribution in [0.25, 0.3) is 0 Å². The van der Waals surface area contributed by atoms with E-state index in [0.29, 0.717) is 13.1 Å². The van der Waals surface area contributed by atoms with Crippen LogP contribution in [0.5, 0.6) is 5.75 Å². The van der Waals surface area contributed by atoms with Gasteiger partial charge >= 0.3 is 6.09 Å². The number of rotatable bonds is 6. The molecule has 1 unspecified atom stereocenters. The van der Waals surface area contributed by atoms with Crippen LogP contribution in [0.4, 0.5) is 4.79 Å². The third-order valence-corrected chi connectivity index (χ3v) is 4.60. The van der Waals surface area contributed by atoms with Crippen LogP contribution in [0.2, 0.25) is 0 Å². The lowest BCUT2D eigenvalue weighted by Crippen LogP contribution is -2.24. The lowest BCUT2D eigenvalue weighted by Gasteiger charge is -2.14. The van der Waals surface area contributed by atoms with Crippen molar-refractivity contribution in [3.05, 3.63) is 29.8 Å². The van der Waals surface area contributed by atoms with E-state index in [1.807, 2.05) is 31.2 Å². The third kappa shape index (κ3) is 3.93. The molecule has 1 aromatic carbocycles. The average Bonchev–Trinajstić information content (AvgIpc) is 3.11. The monoisotopic (exact) mass is 303 g/mol. The Kier molecular flexibility index (Phi) is 4.86. The predicted molar refractivity (Wildman–Crippen MR) is 84.9 cm³/mol. The molecule has 1 aromatic rings. The first kappa shape index (κ1) is 15.2. The summed E-state index contributed by atoms with van der Waals surface area (Å²) < 4.78 is 11.0. The van der Waals surface area contributed by atoms with Crippen molar-refractivity contribution >= 4 is 6.09 Å². The quantitative estimate of drug-likeness (QED) is 0.797. The molecule has 22 heavy (non-hydrogen) atoms. The minimum Gasteiger partial charge on any atom is -0.494 e. The summed E-state index contributed by atoms with van der Waals surface area (Å²) in [6.07, 6.45) is 6.45. The highest BCUT2D eigenvalue weighted by atomic mass is 16.6. The van der Waals surface area contributed by atoms with Crippen molar-refractivity contribution in [2.24, 2.45) is 5.92 Å². The Hall–Kier alpha value is -1.71. The van der Waals surface area contributed by atoms with E-state index in [9.17, 15) is 4.79 Å². The van der Waals surface area contributed by atoms with Gasteiger partial charge in [0.25, 0.3) is 0 Å². The molecule has 1 atom stereocenters. The van der Waals surface area contributed by atoms with Crippen molar-refractivity contribution in [2.75, 3.05) is 13.2 Å². The average molecular weight is 303 g/mol. The summed E-state index contributed by atoms with van der Waals surface area (Å²) in [6, 6.07) is 8.05. The van der Waals surface area contributed by atoms with Gasteiger partial charge < -0.3 is 14.4 Å². The van der Waals surface area contributed by atoms with Crippen LogP contribution in [0.15, 0.2) is 24.3 Å². The van der Waals surface area contributed by atoms with E-state index in [1.165, 1.54) is 32.1 Å². The molecule has 1 heterocycles. The molecule has 1 aliphatic carbocycles. The molecule has 0 N–H and O–H groups in total. The Bertz CT molecular complexity index is 494. The van der Waals surface area contributed by atoms with Crippen LogP contribution in [-0.2, 0) is 11.3 Å². The molecule has 4 heteroatoms. The molecule has 1 aliphatic heterocycles. The maximum atomic E-state index is 11.6. The van der Waals surface area contributed by atoms with Crippen LogP contribution in [0.1, 0.15) is 44.6 Å². The molecule has 1 amide bonds. The molecule has 120 valence electrons. The van der Waals surface area contributed by atoms with Gasteiger partial charge in [0, 0.05) is 6.54 Å². The maximum absolute atomic E-state index is 11.6. The number of hydrogen-bond acceptors (Lipinski definition) is 3. The fourth-order valence-electron chi connectivity index (χ4n) is 3.35. The summed E-state index contributed by atoms with van der Waals surface area (Å²) >= 11 is 0. The number of nitrogens with zero attached hydrogens (tertiary/aromatic N) is 1. The molecular weight excluding hydrogens is 278 g/mol. The molecule has 1 saturated carbocycles. The minimum atomic E-state index is -0.218. The maximum Gasteiger partial charge on any atom is 0.410 e. The number of carbonyl (C=O) groups is 1. The molecule has 0 aromatic heterocycles. The molecule has 2 aliphatic rings. The SMILES string of the molecule is CC1CN(Cc2ccc(OCCC3CCCC3)cc2)C(=O)O1. The number of cyclic esters (lactones) is 1. The summed E-state index contributed by atoms with van der Waals surface area (Å²) in [6.45, 7) is 3.99. The second-order valence-corrected chi connectivity index (χ2v) is 6.51. The van der Waals surface area contributed by atoms with E-state index < -0.39 is 0 Å². The van der Waals surface area contributed by atoms with Crippen LogP contribution < -0.4 is 4.74 Å². The van der Waals surface area contributed by atoms with E-state index in [4.69, 9.17) is 9.47 Å². The first-order valence-electron chi connectivity index (χ1n) is 8.38. The number of benzene rings is 1. The summed E-state index contributed by atoms with van der Waals surface area (Å²) in [4.78, 5) is 13.3. The normalized spacial score (nSPS) is 22.1. The lowest BCUT2D eigenvalue weighted by molar-refractivity contribution is 0.137. The van der Waals surface area contributed by atoms with Crippen LogP contribution in [-0.4, -0.2) is 30.2 Å². The zero-order valence-corrected chi connectivity index (χ0v) is 13.3. The Morgan fingerprint density at radius 1 is 1.23 bits per heavy atom. The first-order valence-corrected chi connectivity index (χ1v) is 8.38. The Morgan fingerprint density at radius 3 is 2.59 bits per heavy atom. The summed E-state index contributed by atoms with van der Waals surface area (Å²) in [5.74, 6) is 1.78. The zero-order valence-electron chi connectivity index (χ0n) is 13.3. The highest BCUT2D eigenvalue weighted by Gasteiger charge is 2.27. The van der Waals surface area contributed by atoms with E-state index in [1.54, 1.807) is 4.90 Å². The van der Waals surface area contributed by atoms with E-state index in [-0.39, 0.29) is 12.2 Å². The molecule has 1 saturated heterocycles. The summed E-state index contributed by atoms with van der Waals surface area (Å²) in [5.41, 5.74) is 1.11. The molecule has 0 spiro atoms. The fraction of sp³-hybridized carbons (Fsp3) is 0.611. The highest BCUT2D eigenvalue weighted by Crippen LogP contribution is 2.27. The van der Waals surface area contributed by atoms with Crippen molar-refractivity contribution in [2.45, 2.75) is 51.7 Å². The summed E-state index contributed by atoms with van der Waals surface area (Å²) in [7, 11) is 0. The van der Waals surface area contributed by atoms with Gasteiger partial charge in [-0.05, 0) is 37.0 Å². The molecule has 0 radical (unpaired) electrons. The van der Waals surface area contributed by atoms with Gasteiger partial charge in [-0.3, -0.25) is 0 Å². The van der Waals surface area contributed by atoms with Gasteiger partial charge in [-0.15, -0.1) is 0 Å². The fourth-order valence-corrected chi connectivity index (χ4v) is 3.35. The Labute approximate surface area is 132 Å². The topological polar surface area (TPSA) is 38.8 Å². The number of carbonyl (C=O) groups excluding carboxylic acids is 1. The predicted octanol–water partition coefficient (Wildman–Crippen LogP) is 3.99. The van der Waals surface area contributed by atoms with Gasteiger partial charge in [-0.1, -0.05) is 37.8 Å². The van der Waals surface area contributed by atoms with Crippen molar-refractivity contribution in [1.82, 2.24) is 4.90 Å². The van der Waals surface area contributed by atoms with Crippen LogP contribution >= 0.6 is 0 Å². The van der Waals surface area contributed by atoms with E-state index >= 15 is 0 Å². The van der Waals surface area contributed by atoms with E-state index in [2.05, 4.69) is 0 Å². The number of hydrogen-bond donors (Lipinski definition) is 0. The second-order valence-electron chi connectivity index (χ2n) is 6.51. The van der Waals surface area contributed by atoms with Gasteiger partial charge in [-0.25, -0.2) is 4.79 Å². The highest BCUT2D eigenvalue weighted by molar-refractivity contribution is 5.69. The first-order chi connectivity index (χ1) is 10.7. The number of ether oxygens (including phenoxy) is 2. The van der Waals surface area contributed by atoms with Crippen molar-refractivity contribution in [1.29, 1.82) is 0 Å². The van der Waals surface area contributed by atoms with Crippen molar-refractivity contribution in [3.63, 3.8) is 0 Å². The van der Waals surface area contributed by atoms with Gasteiger partial charge in [-0.2, -0.15) is 0 Å². The molecular formula is C18H25NO3. The molecule has 2 fully saturated rings. The van der Waals surface area contributed by atoms with Crippen LogP contribution in [0.3, 0.4) is 0 Å². The summed E-state index contributed by atoms with van der Waals surface area (Å²) in [5, 5.41) is 0. The third-order valence-electron chi connectivity index (χ3n) is 4.60. The van der Waals surface area contributed by atoms with Gasteiger partial charge in [0.1, 0.15) is 11.9 Å². The largest absolute Gasteiger partial charge is 0.494 e. The lowest BCUT2D eigenvalue weighted by atomic mass is 10.1. The van der Waals surface area contributed by atoms with Crippen molar-refractivity contribution in [3.8, 4) is 5.75 Å². The van der Waals surface area contributed by atoms with Gasteiger partial charge in [0.2, 0.25) is 0 Å². The molecule has 4 nitrogen and oxygen atoms in total. The molecule has 3 rings (SSSR count). The van der Waals surface area contributed by atoms with Crippen LogP contribution in [0, 0.1) is 5.92 Å². The Balaban J connectivity index is 1.44. The van der Waals surface area contributed by atoms with Crippen molar-refractivity contribution < 1.29 is 14.3 Å². The second kappa shape index (κ2) is 7.03. The smallest absolute Gasteiger partial charge is 0.410 e.